The first-order valence-corrected chi connectivity index (χ1v) is 7.75. The molecule has 0 radical (unpaired) electrons. The summed E-state index contributed by atoms with van der Waals surface area (Å²) in [6.45, 7) is 3.86. The number of nitrogens with one attached hydrogen (secondary N) is 1. The lowest BCUT2D eigenvalue weighted by Gasteiger charge is -2.05. The number of nitro groups is 1. The number of rotatable bonds is 7. The molecule has 0 bridgehead atoms. The lowest BCUT2D eigenvalue weighted by Crippen LogP contribution is -2.24. The second-order valence-electron chi connectivity index (χ2n) is 5.63. The molecule has 0 spiro atoms. The smallest absolute Gasteiger partial charge is 0.310 e. The van der Waals surface area contributed by atoms with Gasteiger partial charge in [-0.05, 0) is 23.1 Å². The van der Waals surface area contributed by atoms with E-state index < -0.39 is 10.8 Å². The van der Waals surface area contributed by atoms with Crippen molar-refractivity contribution in [3.8, 4) is 5.75 Å². The molecule has 0 aliphatic heterocycles. The third kappa shape index (κ3) is 5.42. The molecule has 1 N–H and O–H groups in total. The molecule has 0 aliphatic rings. The quantitative estimate of drug-likeness (QED) is 0.475. The number of carbonyl (C=O) groups is 1. The highest BCUT2D eigenvalue weighted by Crippen LogP contribution is 2.25. The van der Waals surface area contributed by atoms with Crippen LogP contribution in [0.3, 0.4) is 0 Å². The van der Waals surface area contributed by atoms with E-state index in [9.17, 15) is 14.9 Å². The average Bonchev–Trinajstić information content (AvgIpc) is 2.60. The number of nitrogens with zero attached hydrogens (tertiary/aromatic N) is 2. The number of hydrogen-bond acceptors (Lipinski definition) is 5. The summed E-state index contributed by atoms with van der Waals surface area (Å²) in [6, 6.07) is 13.7. The molecule has 2 aromatic rings. The van der Waals surface area contributed by atoms with Gasteiger partial charge >= 0.3 is 5.69 Å². The van der Waals surface area contributed by atoms with Gasteiger partial charge in [0.15, 0.2) is 12.4 Å². The Morgan fingerprint density at radius 2 is 1.92 bits per heavy atom. The third-order valence-electron chi connectivity index (χ3n) is 3.43. The Bertz CT molecular complexity index is 770. The first-order valence-electron chi connectivity index (χ1n) is 7.75. The molecule has 0 aliphatic carbocycles. The fourth-order valence-corrected chi connectivity index (χ4v) is 2.05. The summed E-state index contributed by atoms with van der Waals surface area (Å²) in [7, 11) is 0. The third-order valence-corrected chi connectivity index (χ3v) is 3.43. The molecule has 0 saturated heterocycles. The molecule has 2 rings (SSSR count). The molecular weight excluding hydrogens is 322 g/mol. The lowest BCUT2D eigenvalue weighted by molar-refractivity contribution is -0.385. The largest absolute Gasteiger partial charge is 0.477 e. The molecule has 2 aromatic carbocycles. The van der Waals surface area contributed by atoms with Gasteiger partial charge in [0.05, 0.1) is 11.1 Å². The van der Waals surface area contributed by atoms with Gasteiger partial charge in [0.2, 0.25) is 0 Å². The van der Waals surface area contributed by atoms with Crippen molar-refractivity contribution < 1.29 is 14.5 Å². The summed E-state index contributed by atoms with van der Waals surface area (Å²) < 4.78 is 5.18. The Labute approximate surface area is 145 Å². The van der Waals surface area contributed by atoms with Gasteiger partial charge in [-0.25, -0.2) is 5.43 Å². The van der Waals surface area contributed by atoms with Gasteiger partial charge < -0.3 is 4.74 Å². The summed E-state index contributed by atoms with van der Waals surface area (Å²) in [6.07, 6.45) is 1.52. The van der Waals surface area contributed by atoms with E-state index in [1.54, 1.807) is 6.07 Å². The minimum atomic E-state index is -0.563. The Balaban J connectivity index is 1.85. The Kier molecular flexibility index (Phi) is 6.22. The van der Waals surface area contributed by atoms with Crippen LogP contribution in [-0.2, 0) is 4.79 Å². The van der Waals surface area contributed by atoms with Crippen molar-refractivity contribution >= 4 is 17.8 Å². The normalized spacial score (nSPS) is 10.8. The zero-order chi connectivity index (χ0) is 18.2. The predicted molar refractivity (Wildman–Crippen MR) is 94.9 cm³/mol. The molecule has 7 heteroatoms. The van der Waals surface area contributed by atoms with Gasteiger partial charge in [-0.3, -0.25) is 14.9 Å². The van der Waals surface area contributed by atoms with E-state index in [1.165, 1.54) is 30.0 Å². The summed E-state index contributed by atoms with van der Waals surface area (Å²) in [5.41, 5.74) is 4.20. The van der Waals surface area contributed by atoms with Gasteiger partial charge in [0.25, 0.3) is 5.91 Å². The van der Waals surface area contributed by atoms with Crippen LogP contribution in [0.4, 0.5) is 5.69 Å². The van der Waals surface area contributed by atoms with E-state index in [0.717, 1.165) is 5.56 Å². The van der Waals surface area contributed by atoms with Crippen molar-refractivity contribution in [3.63, 3.8) is 0 Å². The number of nitro benzene ring substituents is 1. The molecular formula is C18H19N3O4. The molecule has 0 heterocycles. The first kappa shape index (κ1) is 18.1. The van der Waals surface area contributed by atoms with Crippen LogP contribution in [0.1, 0.15) is 30.9 Å². The van der Waals surface area contributed by atoms with Crippen LogP contribution in [-0.4, -0.2) is 23.7 Å². The summed E-state index contributed by atoms with van der Waals surface area (Å²) >= 11 is 0. The van der Waals surface area contributed by atoms with E-state index in [1.807, 2.05) is 24.3 Å². The summed E-state index contributed by atoms with van der Waals surface area (Å²) in [5.74, 6) is -0.0195. The number of amides is 1. The second kappa shape index (κ2) is 8.58. The average molecular weight is 341 g/mol. The summed E-state index contributed by atoms with van der Waals surface area (Å²) in [5, 5.41) is 14.7. The highest BCUT2D eigenvalue weighted by molar-refractivity contribution is 5.83. The number of para-hydroxylation sites is 2. The van der Waals surface area contributed by atoms with Crippen molar-refractivity contribution in [2.45, 2.75) is 19.8 Å². The molecule has 0 saturated carbocycles. The molecule has 130 valence electrons. The maximum absolute atomic E-state index is 11.7. The fourth-order valence-electron chi connectivity index (χ4n) is 2.05. The zero-order valence-electron chi connectivity index (χ0n) is 14.0. The van der Waals surface area contributed by atoms with E-state index in [0.29, 0.717) is 5.92 Å². The highest BCUT2D eigenvalue weighted by atomic mass is 16.6. The molecule has 1 amide bonds. The van der Waals surface area contributed by atoms with Gasteiger partial charge in [0, 0.05) is 6.07 Å². The van der Waals surface area contributed by atoms with Crippen LogP contribution >= 0.6 is 0 Å². The maximum atomic E-state index is 11.7. The minimum Gasteiger partial charge on any atom is -0.477 e. The number of hydrazone groups is 1. The van der Waals surface area contributed by atoms with Crippen LogP contribution in [0.15, 0.2) is 53.6 Å². The molecule has 7 nitrogen and oxygen atoms in total. The van der Waals surface area contributed by atoms with Crippen LogP contribution in [0.5, 0.6) is 5.75 Å². The Morgan fingerprint density at radius 1 is 1.24 bits per heavy atom. The number of benzene rings is 2. The van der Waals surface area contributed by atoms with Crippen LogP contribution < -0.4 is 10.2 Å². The molecule has 0 fully saturated rings. The van der Waals surface area contributed by atoms with Crippen molar-refractivity contribution in [1.29, 1.82) is 0 Å². The first-order chi connectivity index (χ1) is 12.0. The van der Waals surface area contributed by atoms with Crippen molar-refractivity contribution in [3.05, 3.63) is 69.8 Å². The van der Waals surface area contributed by atoms with Crippen molar-refractivity contribution in [1.82, 2.24) is 5.43 Å². The van der Waals surface area contributed by atoms with Crippen molar-refractivity contribution in [2.24, 2.45) is 5.10 Å². The molecule has 0 aromatic heterocycles. The predicted octanol–water partition coefficient (Wildman–Crippen LogP) is 3.25. The van der Waals surface area contributed by atoms with Gasteiger partial charge in [-0.2, -0.15) is 5.10 Å². The fraction of sp³-hybridized carbons (Fsp3) is 0.222. The van der Waals surface area contributed by atoms with Crippen molar-refractivity contribution in [2.75, 3.05) is 6.61 Å². The van der Waals surface area contributed by atoms with E-state index in [-0.39, 0.29) is 18.0 Å². The standard InChI is InChI=1S/C18H19N3O4/c1-13(2)15-9-7-14(8-10-15)11-19-20-18(22)12-25-17-6-4-3-5-16(17)21(23)24/h3-11,13H,12H2,1-2H3,(H,20,22)/b19-11-. The van der Waals surface area contributed by atoms with E-state index >= 15 is 0 Å². The van der Waals surface area contributed by atoms with Gasteiger partial charge in [0.1, 0.15) is 0 Å². The Morgan fingerprint density at radius 3 is 2.56 bits per heavy atom. The van der Waals surface area contributed by atoms with Crippen LogP contribution in [0.2, 0.25) is 0 Å². The number of ether oxygens (including phenoxy) is 1. The maximum Gasteiger partial charge on any atom is 0.310 e. The zero-order valence-corrected chi connectivity index (χ0v) is 14.0. The number of hydrogen-bond donors (Lipinski definition) is 1. The Hall–Kier alpha value is -3.22. The second-order valence-corrected chi connectivity index (χ2v) is 5.63. The minimum absolute atomic E-state index is 0.0379. The molecule has 0 atom stereocenters. The highest BCUT2D eigenvalue weighted by Gasteiger charge is 2.14. The monoisotopic (exact) mass is 341 g/mol. The SMILES string of the molecule is CC(C)c1ccc(/C=N\NC(=O)COc2ccccc2[N+](=O)[O-])cc1. The molecule has 0 unspecified atom stereocenters. The van der Waals surface area contributed by atoms with Gasteiger partial charge in [-0.1, -0.05) is 50.2 Å². The topological polar surface area (TPSA) is 93.8 Å². The molecule has 25 heavy (non-hydrogen) atoms. The number of carbonyl (C=O) groups excluding carboxylic acids is 1. The summed E-state index contributed by atoms with van der Waals surface area (Å²) in [4.78, 5) is 22.0. The lowest BCUT2D eigenvalue weighted by atomic mass is 10.0. The van der Waals surface area contributed by atoms with E-state index in [4.69, 9.17) is 4.74 Å². The van der Waals surface area contributed by atoms with Gasteiger partial charge in [-0.15, -0.1) is 0 Å². The van der Waals surface area contributed by atoms with E-state index in [2.05, 4.69) is 24.4 Å². The van der Waals surface area contributed by atoms with Crippen LogP contribution in [0, 0.1) is 10.1 Å². The van der Waals surface area contributed by atoms with Crippen LogP contribution in [0.25, 0.3) is 0 Å².